The fourth-order valence-electron chi connectivity index (χ4n) is 1.91. The summed E-state index contributed by atoms with van der Waals surface area (Å²) in [4.78, 5) is 9.15. The Balaban J connectivity index is 2.39. The molecule has 0 fully saturated rings. The zero-order valence-electron chi connectivity index (χ0n) is 11.2. The number of hydrogen-bond acceptors (Lipinski definition) is 3. The maximum atomic E-state index is 6.00. The van der Waals surface area contributed by atoms with E-state index >= 15 is 0 Å². The second-order valence-corrected chi connectivity index (χ2v) is 5.53. The first-order valence-corrected chi connectivity index (χ1v) is 7.24. The van der Waals surface area contributed by atoms with Crippen LogP contribution in [0.15, 0.2) is 34.8 Å². The molecule has 3 nitrogen and oxygen atoms in total. The molecule has 0 radical (unpaired) electrons. The van der Waals surface area contributed by atoms with Gasteiger partial charge in [-0.1, -0.05) is 41.1 Å². The average molecular weight is 320 g/mol. The Bertz CT molecular complexity index is 569. The molecule has 0 aliphatic carbocycles. The van der Waals surface area contributed by atoms with E-state index in [0.717, 1.165) is 40.1 Å². The molecular formula is C15H18BrN3. The SMILES string of the molecule is CCC(N)Cc1cc(C)nc(-c2ccccc2Br)n1. The average Bonchev–Trinajstić information content (AvgIpc) is 2.38. The zero-order chi connectivity index (χ0) is 13.8. The second kappa shape index (κ2) is 6.26. The van der Waals surface area contributed by atoms with Crippen LogP contribution in [0, 0.1) is 6.92 Å². The van der Waals surface area contributed by atoms with Crippen molar-refractivity contribution in [2.24, 2.45) is 5.73 Å². The summed E-state index contributed by atoms with van der Waals surface area (Å²) in [5.41, 5.74) is 8.99. The van der Waals surface area contributed by atoms with Crippen LogP contribution in [0.1, 0.15) is 24.7 Å². The number of benzene rings is 1. The topological polar surface area (TPSA) is 51.8 Å². The summed E-state index contributed by atoms with van der Waals surface area (Å²) in [5, 5.41) is 0. The Morgan fingerprint density at radius 3 is 2.68 bits per heavy atom. The van der Waals surface area contributed by atoms with E-state index in [1.165, 1.54) is 0 Å². The molecule has 1 aromatic heterocycles. The van der Waals surface area contributed by atoms with Gasteiger partial charge in [-0.3, -0.25) is 0 Å². The van der Waals surface area contributed by atoms with Crippen LogP contribution in [0.2, 0.25) is 0 Å². The first-order valence-electron chi connectivity index (χ1n) is 6.45. The summed E-state index contributed by atoms with van der Waals surface area (Å²) in [5.74, 6) is 0.755. The number of nitrogens with zero attached hydrogens (tertiary/aromatic N) is 2. The van der Waals surface area contributed by atoms with Crippen LogP contribution in [-0.4, -0.2) is 16.0 Å². The Morgan fingerprint density at radius 1 is 1.26 bits per heavy atom. The van der Waals surface area contributed by atoms with Crippen molar-refractivity contribution in [3.05, 3.63) is 46.2 Å². The van der Waals surface area contributed by atoms with Gasteiger partial charge in [-0.2, -0.15) is 0 Å². The van der Waals surface area contributed by atoms with Gasteiger partial charge in [-0.05, 0) is 25.5 Å². The minimum Gasteiger partial charge on any atom is -0.327 e. The normalized spacial score (nSPS) is 12.4. The lowest BCUT2D eigenvalue weighted by Crippen LogP contribution is -2.22. The van der Waals surface area contributed by atoms with Gasteiger partial charge in [0.05, 0.1) is 0 Å². The molecule has 4 heteroatoms. The molecule has 1 unspecified atom stereocenters. The van der Waals surface area contributed by atoms with E-state index in [0.29, 0.717) is 0 Å². The van der Waals surface area contributed by atoms with Gasteiger partial charge in [-0.15, -0.1) is 0 Å². The molecule has 0 bridgehead atoms. The van der Waals surface area contributed by atoms with Crippen LogP contribution in [0.25, 0.3) is 11.4 Å². The molecule has 19 heavy (non-hydrogen) atoms. The highest BCUT2D eigenvalue weighted by Crippen LogP contribution is 2.25. The minimum absolute atomic E-state index is 0.154. The molecule has 2 rings (SSSR count). The molecule has 1 atom stereocenters. The third-order valence-electron chi connectivity index (χ3n) is 3.02. The monoisotopic (exact) mass is 319 g/mol. The van der Waals surface area contributed by atoms with Crippen molar-refractivity contribution in [1.82, 2.24) is 9.97 Å². The van der Waals surface area contributed by atoms with E-state index in [4.69, 9.17) is 5.73 Å². The van der Waals surface area contributed by atoms with Crippen molar-refractivity contribution in [2.45, 2.75) is 32.7 Å². The van der Waals surface area contributed by atoms with Crippen LogP contribution in [0.4, 0.5) is 0 Å². The van der Waals surface area contributed by atoms with Gasteiger partial charge in [0.15, 0.2) is 5.82 Å². The van der Waals surface area contributed by atoms with Crippen LogP contribution >= 0.6 is 15.9 Å². The minimum atomic E-state index is 0.154. The van der Waals surface area contributed by atoms with Gasteiger partial charge in [0.2, 0.25) is 0 Å². The predicted octanol–water partition coefficient (Wildman–Crippen LogP) is 3.49. The lowest BCUT2D eigenvalue weighted by molar-refractivity contribution is 0.635. The molecular weight excluding hydrogens is 302 g/mol. The van der Waals surface area contributed by atoms with Crippen LogP contribution in [0.5, 0.6) is 0 Å². The van der Waals surface area contributed by atoms with Gasteiger partial charge in [0.1, 0.15) is 0 Å². The fraction of sp³-hybridized carbons (Fsp3) is 0.333. The maximum absolute atomic E-state index is 6.00. The van der Waals surface area contributed by atoms with E-state index in [1.54, 1.807) is 0 Å². The largest absolute Gasteiger partial charge is 0.327 e. The smallest absolute Gasteiger partial charge is 0.160 e. The van der Waals surface area contributed by atoms with Crippen molar-refractivity contribution in [1.29, 1.82) is 0 Å². The van der Waals surface area contributed by atoms with Gasteiger partial charge < -0.3 is 5.73 Å². The number of hydrogen-bond donors (Lipinski definition) is 1. The van der Waals surface area contributed by atoms with Crippen LogP contribution in [0.3, 0.4) is 0 Å². The molecule has 2 aromatic rings. The van der Waals surface area contributed by atoms with Gasteiger partial charge in [0, 0.05) is 33.9 Å². The third-order valence-corrected chi connectivity index (χ3v) is 3.71. The van der Waals surface area contributed by atoms with E-state index in [9.17, 15) is 0 Å². The summed E-state index contributed by atoms with van der Waals surface area (Å²) in [6, 6.07) is 10.2. The Kier molecular flexibility index (Phi) is 4.66. The summed E-state index contributed by atoms with van der Waals surface area (Å²) in [6.45, 7) is 4.08. The first-order chi connectivity index (χ1) is 9.10. The molecule has 100 valence electrons. The van der Waals surface area contributed by atoms with Crippen molar-refractivity contribution in [2.75, 3.05) is 0 Å². The molecule has 0 saturated carbocycles. The molecule has 0 spiro atoms. The highest BCUT2D eigenvalue weighted by molar-refractivity contribution is 9.10. The lowest BCUT2D eigenvalue weighted by Gasteiger charge is -2.10. The predicted molar refractivity (Wildman–Crippen MR) is 81.9 cm³/mol. The molecule has 0 aliphatic rings. The lowest BCUT2D eigenvalue weighted by atomic mass is 10.1. The quantitative estimate of drug-likeness (QED) is 0.938. The molecule has 1 aromatic carbocycles. The molecule has 0 amide bonds. The first kappa shape index (κ1) is 14.2. The van der Waals surface area contributed by atoms with Crippen molar-refractivity contribution in [3.8, 4) is 11.4 Å². The maximum Gasteiger partial charge on any atom is 0.160 e. The van der Waals surface area contributed by atoms with Crippen molar-refractivity contribution >= 4 is 15.9 Å². The van der Waals surface area contributed by atoms with E-state index in [-0.39, 0.29) is 6.04 Å². The summed E-state index contributed by atoms with van der Waals surface area (Å²) >= 11 is 3.54. The second-order valence-electron chi connectivity index (χ2n) is 4.68. The van der Waals surface area contributed by atoms with Gasteiger partial charge >= 0.3 is 0 Å². The Labute approximate surface area is 122 Å². The Hall–Kier alpha value is -1.26. The summed E-state index contributed by atoms with van der Waals surface area (Å²) < 4.78 is 1.01. The number of aromatic nitrogens is 2. The number of aryl methyl sites for hydroxylation is 1. The number of nitrogens with two attached hydrogens (primary N) is 1. The van der Waals surface area contributed by atoms with Crippen molar-refractivity contribution in [3.63, 3.8) is 0 Å². The number of rotatable bonds is 4. The third kappa shape index (κ3) is 3.61. The standard InChI is InChI=1S/C15H18BrN3/c1-3-11(17)9-12-8-10(2)18-15(19-12)13-6-4-5-7-14(13)16/h4-8,11H,3,9,17H2,1-2H3. The summed E-state index contributed by atoms with van der Waals surface area (Å²) in [7, 11) is 0. The van der Waals surface area contributed by atoms with Gasteiger partial charge in [-0.25, -0.2) is 9.97 Å². The molecule has 2 N–H and O–H groups in total. The summed E-state index contributed by atoms with van der Waals surface area (Å²) in [6.07, 6.45) is 1.74. The van der Waals surface area contributed by atoms with E-state index in [2.05, 4.69) is 32.8 Å². The van der Waals surface area contributed by atoms with E-state index < -0.39 is 0 Å². The van der Waals surface area contributed by atoms with Gasteiger partial charge in [0.25, 0.3) is 0 Å². The zero-order valence-corrected chi connectivity index (χ0v) is 12.8. The molecule has 1 heterocycles. The fourth-order valence-corrected chi connectivity index (χ4v) is 2.38. The van der Waals surface area contributed by atoms with Crippen LogP contribution in [-0.2, 0) is 6.42 Å². The van der Waals surface area contributed by atoms with Crippen molar-refractivity contribution < 1.29 is 0 Å². The number of halogens is 1. The van der Waals surface area contributed by atoms with Crippen LogP contribution < -0.4 is 5.73 Å². The molecule has 0 aliphatic heterocycles. The van der Waals surface area contributed by atoms with E-state index in [1.807, 2.05) is 37.3 Å². The highest BCUT2D eigenvalue weighted by Gasteiger charge is 2.10. The Morgan fingerprint density at radius 2 is 2.00 bits per heavy atom. The molecule has 0 saturated heterocycles. The highest BCUT2D eigenvalue weighted by atomic mass is 79.9.